The molecular weight excluding hydrogens is 274 g/mol. The first kappa shape index (κ1) is 14.7. The summed E-state index contributed by atoms with van der Waals surface area (Å²) in [4.78, 5) is 0.248. The number of H-pyrrole nitrogens is 1. The summed E-state index contributed by atoms with van der Waals surface area (Å²) in [5.74, 6) is 0. The second-order valence-corrected chi connectivity index (χ2v) is 6.63. The summed E-state index contributed by atoms with van der Waals surface area (Å²) in [7, 11) is -3.54. The van der Waals surface area contributed by atoms with Crippen molar-refractivity contribution in [2.75, 3.05) is 0 Å². The summed E-state index contributed by atoms with van der Waals surface area (Å²) in [5.41, 5.74) is 2.15. The number of hydrogen-bond donors (Lipinski definition) is 2. The van der Waals surface area contributed by atoms with E-state index in [0.717, 1.165) is 5.56 Å². The minimum atomic E-state index is -3.54. The van der Waals surface area contributed by atoms with Crippen LogP contribution in [0.1, 0.15) is 23.9 Å². The fourth-order valence-electron chi connectivity index (χ4n) is 2.27. The molecule has 0 aliphatic heterocycles. The second kappa shape index (κ2) is 5.76. The van der Waals surface area contributed by atoms with Crippen molar-refractivity contribution in [3.8, 4) is 0 Å². The first-order valence-corrected chi connectivity index (χ1v) is 7.96. The number of nitrogens with zero attached hydrogens (tertiary/aromatic N) is 1. The second-order valence-electron chi connectivity index (χ2n) is 4.98. The normalized spacial score (nSPS) is 13.3. The third kappa shape index (κ3) is 3.26. The van der Waals surface area contributed by atoms with Gasteiger partial charge in [0.15, 0.2) is 0 Å². The van der Waals surface area contributed by atoms with Gasteiger partial charge in [-0.25, -0.2) is 13.1 Å². The van der Waals surface area contributed by atoms with Crippen LogP contribution >= 0.6 is 0 Å². The van der Waals surface area contributed by atoms with E-state index in [1.165, 1.54) is 0 Å². The van der Waals surface area contributed by atoms with Gasteiger partial charge in [-0.1, -0.05) is 30.3 Å². The molecule has 0 fully saturated rings. The van der Waals surface area contributed by atoms with Crippen LogP contribution in [-0.4, -0.2) is 24.7 Å². The summed E-state index contributed by atoms with van der Waals surface area (Å²) in [6.07, 6.45) is 0.649. The molecule has 1 aromatic heterocycles. The first-order chi connectivity index (χ1) is 9.40. The van der Waals surface area contributed by atoms with Crippen molar-refractivity contribution in [3.05, 3.63) is 47.3 Å². The van der Waals surface area contributed by atoms with Crippen molar-refractivity contribution < 1.29 is 8.42 Å². The quantitative estimate of drug-likeness (QED) is 0.884. The van der Waals surface area contributed by atoms with E-state index in [9.17, 15) is 8.42 Å². The highest BCUT2D eigenvalue weighted by Crippen LogP contribution is 2.17. The van der Waals surface area contributed by atoms with Gasteiger partial charge in [0.2, 0.25) is 10.0 Å². The van der Waals surface area contributed by atoms with Crippen LogP contribution in [0.25, 0.3) is 0 Å². The van der Waals surface area contributed by atoms with E-state index in [1.54, 1.807) is 13.8 Å². The summed E-state index contributed by atoms with van der Waals surface area (Å²) < 4.78 is 27.4. The van der Waals surface area contributed by atoms with E-state index in [4.69, 9.17) is 0 Å². The number of sulfonamides is 1. The minimum Gasteiger partial charge on any atom is -0.281 e. The molecule has 1 heterocycles. The molecule has 0 aliphatic rings. The third-order valence-electron chi connectivity index (χ3n) is 3.07. The van der Waals surface area contributed by atoms with Gasteiger partial charge in [-0.2, -0.15) is 5.10 Å². The monoisotopic (exact) mass is 293 g/mol. The average molecular weight is 293 g/mol. The Balaban J connectivity index is 2.13. The Morgan fingerprint density at radius 3 is 2.45 bits per heavy atom. The summed E-state index contributed by atoms with van der Waals surface area (Å²) >= 11 is 0. The predicted molar refractivity (Wildman–Crippen MR) is 78.0 cm³/mol. The highest BCUT2D eigenvalue weighted by Gasteiger charge is 2.23. The Labute approximate surface area is 119 Å². The predicted octanol–water partition coefficient (Wildman–Crippen LogP) is 1.94. The molecule has 20 heavy (non-hydrogen) atoms. The molecule has 6 heteroatoms. The highest BCUT2D eigenvalue weighted by atomic mass is 32.2. The number of benzene rings is 1. The van der Waals surface area contributed by atoms with Crippen LogP contribution in [0.2, 0.25) is 0 Å². The van der Waals surface area contributed by atoms with Crippen molar-refractivity contribution >= 4 is 10.0 Å². The van der Waals surface area contributed by atoms with E-state index >= 15 is 0 Å². The summed E-state index contributed by atoms with van der Waals surface area (Å²) in [6.45, 7) is 5.24. The molecule has 0 amide bonds. The molecular formula is C14H19N3O2S. The Hall–Kier alpha value is -1.66. The van der Waals surface area contributed by atoms with Gasteiger partial charge >= 0.3 is 0 Å². The largest absolute Gasteiger partial charge is 0.281 e. The van der Waals surface area contributed by atoms with E-state index in [1.807, 2.05) is 37.3 Å². The molecule has 0 saturated heterocycles. The van der Waals surface area contributed by atoms with Crippen LogP contribution in [0.5, 0.6) is 0 Å². The molecule has 0 spiro atoms. The Morgan fingerprint density at radius 1 is 1.25 bits per heavy atom. The topological polar surface area (TPSA) is 74.8 Å². The van der Waals surface area contributed by atoms with E-state index in [2.05, 4.69) is 14.9 Å². The van der Waals surface area contributed by atoms with Crippen LogP contribution in [-0.2, 0) is 16.4 Å². The van der Waals surface area contributed by atoms with Crippen LogP contribution in [0.3, 0.4) is 0 Å². The van der Waals surface area contributed by atoms with Gasteiger partial charge in [-0.3, -0.25) is 5.10 Å². The summed E-state index contributed by atoms with van der Waals surface area (Å²) in [6, 6.07) is 9.62. The molecule has 108 valence electrons. The third-order valence-corrected chi connectivity index (χ3v) is 4.92. The number of rotatable bonds is 5. The lowest BCUT2D eigenvalue weighted by atomic mass is 10.1. The molecule has 2 rings (SSSR count). The van der Waals surface area contributed by atoms with Crippen molar-refractivity contribution in [1.29, 1.82) is 0 Å². The van der Waals surface area contributed by atoms with E-state index < -0.39 is 10.0 Å². The molecule has 5 nitrogen and oxygen atoms in total. The van der Waals surface area contributed by atoms with Gasteiger partial charge in [-0.15, -0.1) is 0 Å². The summed E-state index contributed by atoms with van der Waals surface area (Å²) in [5, 5.41) is 6.63. The minimum absolute atomic E-state index is 0.184. The van der Waals surface area contributed by atoms with Gasteiger partial charge < -0.3 is 0 Å². The maximum atomic E-state index is 12.4. The zero-order valence-corrected chi connectivity index (χ0v) is 12.7. The maximum absolute atomic E-state index is 12.4. The van der Waals surface area contributed by atoms with E-state index in [-0.39, 0.29) is 10.9 Å². The highest BCUT2D eigenvalue weighted by molar-refractivity contribution is 7.89. The molecule has 0 bridgehead atoms. The lowest BCUT2D eigenvalue weighted by Crippen LogP contribution is -2.34. The molecule has 0 aliphatic carbocycles. The molecule has 1 atom stereocenters. The van der Waals surface area contributed by atoms with Gasteiger partial charge in [0.1, 0.15) is 4.90 Å². The van der Waals surface area contributed by atoms with Gasteiger partial charge in [0.05, 0.1) is 11.4 Å². The number of hydrogen-bond acceptors (Lipinski definition) is 3. The molecule has 2 N–H and O–H groups in total. The lowest BCUT2D eigenvalue weighted by Gasteiger charge is -2.14. The SMILES string of the molecule is Cc1n[nH]c(C)c1S(=O)(=O)NC(C)Cc1ccccc1. The van der Waals surface area contributed by atoms with Gasteiger partial charge in [-0.05, 0) is 32.8 Å². The van der Waals surface area contributed by atoms with Crippen molar-refractivity contribution in [2.24, 2.45) is 0 Å². The standard InChI is InChI=1S/C14H19N3O2S/c1-10(9-13-7-5-4-6-8-13)17-20(18,19)14-11(2)15-16-12(14)3/h4-8,10,17H,9H2,1-3H3,(H,15,16). The number of nitrogens with one attached hydrogen (secondary N) is 2. The number of aromatic nitrogens is 2. The molecule has 1 aromatic carbocycles. The Morgan fingerprint density at radius 2 is 1.90 bits per heavy atom. The fourth-order valence-corrected chi connectivity index (χ4v) is 3.88. The molecule has 0 saturated carbocycles. The maximum Gasteiger partial charge on any atom is 0.244 e. The number of aryl methyl sites for hydroxylation is 2. The fraction of sp³-hybridized carbons (Fsp3) is 0.357. The smallest absolute Gasteiger partial charge is 0.244 e. The lowest BCUT2D eigenvalue weighted by molar-refractivity contribution is 0.558. The molecule has 0 radical (unpaired) electrons. The zero-order valence-electron chi connectivity index (χ0n) is 11.8. The first-order valence-electron chi connectivity index (χ1n) is 6.48. The van der Waals surface area contributed by atoms with E-state index in [0.29, 0.717) is 17.8 Å². The van der Waals surface area contributed by atoms with Crippen LogP contribution in [0, 0.1) is 13.8 Å². The Bertz CT molecular complexity index is 658. The zero-order chi connectivity index (χ0) is 14.8. The molecule has 1 unspecified atom stereocenters. The van der Waals surface area contributed by atoms with Gasteiger partial charge in [0.25, 0.3) is 0 Å². The molecule has 2 aromatic rings. The number of aromatic amines is 1. The van der Waals surface area contributed by atoms with Crippen molar-refractivity contribution in [1.82, 2.24) is 14.9 Å². The van der Waals surface area contributed by atoms with Crippen LogP contribution in [0.4, 0.5) is 0 Å². The van der Waals surface area contributed by atoms with Gasteiger partial charge in [0, 0.05) is 6.04 Å². The van der Waals surface area contributed by atoms with Crippen LogP contribution < -0.4 is 4.72 Å². The van der Waals surface area contributed by atoms with Crippen LogP contribution in [0.15, 0.2) is 35.2 Å². The average Bonchev–Trinajstić information content (AvgIpc) is 2.70. The Kier molecular flexibility index (Phi) is 4.25. The van der Waals surface area contributed by atoms with Crippen molar-refractivity contribution in [2.45, 2.75) is 38.1 Å². The van der Waals surface area contributed by atoms with Crippen molar-refractivity contribution in [3.63, 3.8) is 0 Å².